The third-order valence-electron chi connectivity index (χ3n) is 7.20. The molecule has 32 heavy (non-hydrogen) atoms. The zero-order valence-corrected chi connectivity index (χ0v) is 19.5. The van der Waals surface area contributed by atoms with E-state index in [2.05, 4.69) is 29.0 Å². The van der Waals surface area contributed by atoms with E-state index in [4.69, 9.17) is 21.3 Å². The van der Waals surface area contributed by atoms with Crippen molar-refractivity contribution in [1.82, 2.24) is 15.0 Å². The lowest BCUT2D eigenvalue weighted by Gasteiger charge is -2.53. The van der Waals surface area contributed by atoms with Crippen molar-refractivity contribution in [3.05, 3.63) is 66.8 Å². The van der Waals surface area contributed by atoms with Crippen molar-refractivity contribution in [2.75, 3.05) is 0 Å². The zero-order valence-electron chi connectivity index (χ0n) is 17.9. The number of fused-ring (bicyclic) bond motifs is 7. The van der Waals surface area contributed by atoms with Gasteiger partial charge in [0.1, 0.15) is 10.6 Å². The van der Waals surface area contributed by atoms with Gasteiger partial charge >= 0.3 is 5.69 Å². The van der Waals surface area contributed by atoms with Crippen molar-refractivity contribution in [2.45, 2.75) is 54.9 Å². The maximum atomic E-state index is 13.0. The number of ether oxygens (including phenoxy) is 1. The van der Waals surface area contributed by atoms with Gasteiger partial charge in [0.25, 0.3) is 5.56 Å². The maximum absolute atomic E-state index is 13.0. The lowest BCUT2D eigenvalue weighted by atomic mass is 9.61. The average Bonchev–Trinajstić information content (AvgIpc) is 2.69. The lowest BCUT2D eigenvalue weighted by Crippen LogP contribution is -2.53. The number of rotatable bonds is 0. The highest BCUT2D eigenvalue weighted by atomic mass is 35.5. The highest BCUT2D eigenvalue weighted by Gasteiger charge is 2.54. The summed E-state index contributed by atoms with van der Waals surface area (Å²) >= 11 is 7.94. The van der Waals surface area contributed by atoms with Crippen LogP contribution < -0.4 is 16.0 Å². The van der Waals surface area contributed by atoms with Gasteiger partial charge in [0, 0.05) is 32.6 Å². The summed E-state index contributed by atoms with van der Waals surface area (Å²) in [5, 5.41) is 2.67. The van der Waals surface area contributed by atoms with Crippen molar-refractivity contribution in [1.29, 1.82) is 0 Å². The normalized spacial score (nSPS) is 27.4. The first-order chi connectivity index (χ1) is 15.1. The molecule has 6 rings (SSSR count). The van der Waals surface area contributed by atoms with Crippen molar-refractivity contribution in [3.8, 4) is 5.88 Å². The van der Waals surface area contributed by atoms with Crippen LogP contribution in [0.4, 0.5) is 0 Å². The van der Waals surface area contributed by atoms with E-state index in [0.717, 1.165) is 34.3 Å². The summed E-state index contributed by atoms with van der Waals surface area (Å²) in [5.41, 5.74) is 2.20. The minimum absolute atomic E-state index is 0.121. The number of thioether (sulfide) groups is 1. The fraction of sp³-hybridized carbons (Fsp3) is 0.375. The van der Waals surface area contributed by atoms with Crippen molar-refractivity contribution in [2.24, 2.45) is 5.92 Å². The molecule has 0 bridgehead atoms. The number of hydrogen-bond donors (Lipinski definition) is 2. The van der Waals surface area contributed by atoms with Crippen LogP contribution in [0.5, 0.6) is 5.88 Å². The summed E-state index contributed by atoms with van der Waals surface area (Å²) in [6, 6.07) is 7.88. The summed E-state index contributed by atoms with van der Waals surface area (Å²) < 4.78 is 5.96. The Morgan fingerprint density at radius 3 is 2.81 bits per heavy atom. The second-order valence-electron chi connectivity index (χ2n) is 9.63. The summed E-state index contributed by atoms with van der Waals surface area (Å²) in [4.78, 5) is 35.0. The van der Waals surface area contributed by atoms with Gasteiger partial charge in [-0.1, -0.05) is 35.5 Å². The summed E-state index contributed by atoms with van der Waals surface area (Å²) in [6.07, 6.45) is 4.06. The first kappa shape index (κ1) is 20.1. The molecule has 1 aromatic carbocycles. The molecular formula is C24H22ClN3O3S. The van der Waals surface area contributed by atoms with E-state index in [1.54, 1.807) is 11.8 Å². The number of nitrogens with zero attached hydrogens (tertiary/aromatic N) is 1. The van der Waals surface area contributed by atoms with Gasteiger partial charge in [-0.3, -0.25) is 14.8 Å². The Morgan fingerprint density at radius 2 is 2.00 bits per heavy atom. The molecule has 2 N–H and O–H groups in total. The van der Waals surface area contributed by atoms with E-state index in [9.17, 15) is 9.59 Å². The van der Waals surface area contributed by atoms with Gasteiger partial charge in [0.15, 0.2) is 0 Å². The number of halogens is 1. The SMILES string of the molecule is CC12CCC3C(C1=Cc1cc4ccc(Cl)cc4nc1S2)c1c([nH]c(=O)[nH]c1=O)OC3(C)C. The third kappa shape index (κ3) is 2.83. The molecule has 3 aromatic rings. The molecule has 8 heteroatoms. The number of aromatic nitrogens is 3. The molecule has 0 spiro atoms. The Hall–Kier alpha value is -2.51. The second-order valence-corrected chi connectivity index (χ2v) is 11.6. The van der Waals surface area contributed by atoms with Crippen LogP contribution in [-0.2, 0) is 0 Å². The number of benzene rings is 1. The fourth-order valence-electron chi connectivity index (χ4n) is 5.63. The molecule has 2 aliphatic heterocycles. The quantitative estimate of drug-likeness (QED) is 0.492. The largest absolute Gasteiger partial charge is 0.472 e. The molecule has 2 aromatic heterocycles. The van der Waals surface area contributed by atoms with Gasteiger partial charge in [0.05, 0.1) is 11.1 Å². The molecule has 0 amide bonds. The van der Waals surface area contributed by atoms with Crippen molar-refractivity contribution in [3.63, 3.8) is 0 Å². The average molecular weight is 468 g/mol. The fourth-order valence-corrected chi connectivity index (χ4v) is 7.12. The Balaban J connectivity index is 1.61. The molecule has 3 aliphatic rings. The van der Waals surface area contributed by atoms with Gasteiger partial charge in [-0.15, -0.1) is 0 Å². The van der Waals surface area contributed by atoms with Gasteiger partial charge < -0.3 is 4.74 Å². The van der Waals surface area contributed by atoms with E-state index < -0.39 is 11.3 Å². The number of aromatic amines is 2. The Bertz CT molecular complexity index is 1460. The molecule has 0 radical (unpaired) electrons. The predicted octanol–water partition coefficient (Wildman–Crippen LogP) is 4.88. The maximum Gasteiger partial charge on any atom is 0.328 e. The van der Waals surface area contributed by atoms with Crippen molar-refractivity contribution >= 4 is 40.3 Å². The number of pyridine rings is 1. The van der Waals surface area contributed by atoms with Crippen LogP contribution in [0.2, 0.25) is 5.02 Å². The number of nitrogens with one attached hydrogen (secondary N) is 2. The summed E-state index contributed by atoms with van der Waals surface area (Å²) in [5.74, 6) is 0.266. The predicted molar refractivity (Wildman–Crippen MR) is 127 cm³/mol. The van der Waals surface area contributed by atoms with Crippen LogP contribution >= 0.6 is 23.4 Å². The van der Waals surface area contributed by atoms with Gasteiger partial charge in [-0.25, -0.2) is 9.78 Å². The van der Waals surface area contributed by atoms with E-state index in [0.29, 0.717) is 10.6 Å². The van der Waals surface area contributed by atoms with Gasteiger partial charge in [-0.2, -0.15) is 0 Å². The monoisotopic (exact) mass is 467 g/mol. The molecule has 4 heterocycles. The number of H-pyrrole nitrogens is 2. The first-order valence-corrected chi connectivity index (χ1v) is 11.9. The Kier molecular flexibility index (Phi) is 4.10. The molecule has 1 fully saturated rings. The van der Waals surface area contributed by atoms with E-state index >= 15 is 0 Å². The molecule has 3 atom stereocenters. The van der Waals surface area contributed by atoms with E-state index in [1.807, 2.05) is 32.0 Å². The van der Waals surface area contributed by atoms with Crippen LogP contribution in [0.1, 0.15) is 50.7 Å². The molecule has 1 aliphatic carbocycles. The molecule has 1 saturated carbocycles. The van der Waals surface area contributed by atoms with E-state index in [1.165, 1.54) is 5.57 Å². The highest BCUT2D eigenvalue weighted by molar-refractivity contribution is 8.01. The van der Waals surface area contributed by atoms with Crippen LogP contribution in [0.3, 0.4) is 0 Å². The standard InChI is InChI=1S/C24H22ClN3O3S/c1-23(2)14-6-7-24(3)15(17(14)18-19(29)27-22(30)28-20(18)31-23)9-12-8-11-4-5-13(25)10-16(11)26-21(12)32-24/h4-5,8-10,14,17H,6-7H2,1-3H3,(H2,27,28,29,30). The van der Waals surface area contributed by atoms with E-state index in [-0.39, 0.29) is 28.0 Å². The summed E-state index contributed by atoms with van der Waals surface area (Å²) in [6.45, 7) is 6.31. The van der Waals surface area contributed by atoms with Gasteiger partial charge in [0.2, 0.25) is 5.88 Å². The molecule has 164 valence electrons. The van der Waals surface area contributed by atoms with Crippen LogP contribution in [0.15, 0.2) is 44.5 Å². The zero-order chi connectivity index (χ0) is 22.4. The minimum atomic E-state index is -0.548. The van der Waals surface area contributed by atoms with Crippen LogP contribution in [0, 0.1) is 5.92 Å². The Labute approximate surface area is 193 Å². The third-order valence-corrected chi connectivity index (χ3v) is 8.84. The van der Waals surface area contributed by atoms with Crippen molar-refractivity contribution < 1.29 is 4.74 Å². The smallest absolute Gasteiger partial charge is 0.328 e. The molecule has 6 nitrogen and oxygen atoms in total. The molecule has 0 saturated heterocycles. The molecular weight excluding hydrogens is 446 g/mol. The second kappa shape index (κ2) is 6.51. The number of hydrogen-bond acceptors (Lipinski definition) is 5. The van der Waals surface area contributed by atoms with Gasteiger partial charge in [-0.05, 0) is 57.4 Å². The van der Waals surface area contributed by atoms with Crippen LogP contribution in [0.25, 0.3) is 17.0 Å². The topological polar surface area (TPSA) is 87.8 Å². The highest BCUT2D eigenvalue weighted by Crippen LogP contribution is 2.61. The molecule has 3 unspecified atom stereocenters. The first-order valence-electron chi connectivity index (χ1n) is 10.7. The minimum Gasteiger partial charge on any atom is -0.472 e. The summed E-state index contributed by atoms with van der Waals surface area (Å²) in [7, 11) is 0. The Morgan fingerprint density at radius 1 is 1.19 bits per heavy atom. The van der Waals surface area contributed by atoms with Crippen LogP contribution in [-0.4, -0.2) is 25.3 Å². The lowest BCUT2D eigenvalue weighted by molar-refractivity contribution is -0.00271.